The largest absolute Gasteiger partial charge is 0.495 e. The molecular weight excluding hydrogens is 369 g/mol. The first kappa shape index (κ1) is 19.5. The number of piperazine rings is 1. The minimum Gasteiger partial charge on any atom is -0.495 e. The molecule has 5 nitrogen and oxygen atoms in total. The van der Waals surface area contributed by atoms with Crippen LogP contribution in [0.2, 0.25) is 5.02 Å². The zero-order chi connectivity index (χ0) is 19.4. The third-order valence-corrected chi connectivity index (χ3v) is 4.92. The molecule has 1 amide bonds. The first-order chi connectivity index (χ1) is 13.0. The number of carbonyl (C=O) groups is 1. The van der Waals surface area contributed by atoms with Gasteiger partial charge in [0.05, 0.1) is 25.0 Å². The fourth-order valence-electron chi connectivity index (χ4n) is 3.19. The van der Waals surface area contributed by atoms with Gasteiger partial charge in [0.1, 0.15) is 11.6 Å². The number of rotatable bonds is 5. The molecule has 1 aliphatic heterocycles. The number of nitrogens with zero attached hydrogens (tertiary/aromatic N) is 2. The van der Waals surface area contributed by atoms with Crippen LogP contribution in [-0.4, -0.2) is 50.6 Å². The van der Waals surface area contributed by atoms with Crippen molar-refractivity contribution in [3.8, 4) is 5.75 Å². The predicted octanol–water partition coefficient (Wildman–Crippen LogP) is 3.56. The third kappa shape index (κ3) is 4.70. The Labute approximate surface area is 163 Å². The first-order valence-corrected chi connectivity index (χ1v) is 9.21. The second-order valence-corrected chi connectivity index (χ2v) is 7.00. The van der Waals surface area contributed by atoms with E-state index >= 15 is 0 Å². The van der Waals surface area contributed by atoms with Crippen LogP contribution in [0.5, 0.6) is 5.75 Å². The SMILES string of the molecule is COc1ccc(Cl)cc1NC(=O)CN1CCN(c2cccc(C)c2F)CC1. The Bertz CT molecular complexity index is 823. The van der Waals surface area contributed by atoms with Gasteiger partial charge in [0.25, 0.3) is 0 Å². The van der Waals surface area contributed by atoms with Gasteiger partial charge in [-0.15, -0.1) is 0 Å². The molecule has 1 saturated heterocycles. The first-order valence-electron chi connectivity index (χ1n) is 8.83. The minimum atomic E-state index is -0.170. The second kappa shape index (κ2) is 8.59. The Kier molecular flexibility index (Phi) is 6.19. The van der Waals surface area contributed by atoms with E-state index in [-0.39, 0.29) is 18.3 Å². The summed E-state index contributed by atoms with van der Waals surface area (Å²) in [5.41, 5.74) is 1.82. The van der Waals surface area contributed by atoms with Crippen molar-refractivity contribution < 1.29 is 13.9 Å². The Morgan fingerprint density at radius 1 is 1.22 bits per heavy atom. The summed E-state index contributed by atoms with van der Waals surface area (Å²) in [5, 5.41) is 3.37. The second-order valence-electron chi connectivity index (χ2n) is 6.56. The summed E-state index contributed by atoms with van der Waals surface area (Å²) in [6, 6.07) is 10.5. The summed E-state index contributed by atoms with van der Waals surface area (Å²) in [7, 11) is 1.54. The average Bonchev–Trinajstić information content (AvgIpc) is 2.65. The summed E-state index contributed by atoms with van der Waals surface area (Å²) in [6.07, 6.45) is 0. The molecule has 7 heteroatoms. The number of hydrogen-bond acceptors (Lipinski definition) is 4. The van der Waals surface area contributed by atoms with Gasteiger partial charge in [0.15, 0.2) is 0 Å². The predicted molar refractivity (Wildman–Crippen MR) is 106 cm³/mol. The Morgan fingerprint density at radius 2 is 1.96 bits per heavy atom. The number of aryl methyl sites for hydroxylation is 1. The van der Waals surface area contributed by atoms with Crippen molar-refractivity contribution in [1.29, 1.82) is 0 Å². The lowest BCUT2D eigenvalue weighted by Crippen LogP contribution is -2.49. The highest BCUT2D eigenvalue weighted by molar-refractivity contribution is 6.31. The molecule has 0 radical (unpaired) electrons. The molecular formula is C20H23ClFN3O2. The highest BCUT2D eigenvalue weighted by atomic mass is 35.5. The Balaban J connectivity index is 1.55. The highest BCUT2D eigenvalue weighted by Crippen LogP contribution is 2.28. The number of ether oxygens (including phenoxy) is 1. The number of amides is 1. The molecule has 0 bridgehead atoms. The number of nitrogens with one attached hydrogen (secondary N) is 1. The fourth-order valence-corrected chi connectivity index (χ4v) is 3.37. The van der Waals surface area contributed by atoms with Crippen LogP contribution in [0.25, 0.3) is 0 Å². The molecule has 1 heterocycles. The van der Waals surface area contributed by atoms with Gasteiger partial charge in [-0.2, -0.15) is 0 Å². The van der Waals surface area contributed by atoms with Gasteiger partial charge in [0.2, 0.25) is 5.91 Å². The van der Waals surface area contributed by atoms with E-state index in [0.29, 0.717) is 53.9 Å². The van der Waals surface area contributed by atoms with Gasteiger partial charge in [-0.1, -0.05) is 23.7 Å². The Hall–Kier alpha value is -2.31. The number of hydrogen-bond donors (Lipinski definition) is 1. The number of halogens is 2. The van der Waals surface area contributed by atoms with Gasteiger partial charge in [0, 0.05) is 31.2 Å². The normalized spacial score (nSPS) is 14.9. The van der Waals surface area contributed by atoms with E-state index in [2.05, 4.69) is 10.2 Å². The lowest BCUT2D eigenvalue weighted by molar-refractivity contribution is -0.117. The summed E-state index contributed by atoms with van der Waals surface area (Å²) >= 11 is 5.99. The van der Waals surface area contributed by atoms with Gasteiger partial charge in [-0.05, 0) is 36.8 Å². The number of anilines is 2. The molecule has 3 rings (SSSR count). The molecule has 144 valence electrons. The molecule has 0 saturated carbocycles. The van der Waals surface area contributed by atoms with Crippen LogP contribution in [0.3, 0.4) is 0 Å². The maximum atomic E-state index is 14.3. The van der Waals surface area contributed by atoms with Crippen molar-refractivity contribution in [2.45, 2.75) is 6.92 Å². The van der Waals surface area contributed by atoms with Crippen LogP contribution in [0.1, 0.15) is 5.56 Å². The summed E-state index contributed by atoms with van der Waals surface area (Å²) in [6.45, 7) is 4.76. The third-order valence-electron chi connectivity index (χ3n) is 4.69. The van der Waals surface area contributed by atoms with Gasteiger partial charge in [-0.25, -0.2) is 4.39 Å². The quantitative estimate of drug-likeness (QED) is 0.846. The zero-order valence-electron chi connectivity index (χ0n) is 15.5. The van der Waals surface area contributed by atoms with Crippen LogP contribution in [-0.2, 0) is 4.79 Å². The highest BCUT2D eigenvalue weighted by Gasteiger charge is 2.22. The smallest absolute Gasteiger partial charge is 0.238 e. The van der Waals surface area contributed by atoms with Crippen LogP contribution in [0.4, 0.5) is 15.8 Å². The Morgan fingerprint density at radius 3 is 2.67 bits per heavy atom. The molecule has 1 fully saturated rings. The molecule has 0 spiro atoms. The van der Waals surface area contributed by atoms with E-state index in [1.165, 1.54) is 0 Å². The van der Waals surface area contributed by atoms with Crippen LogP contribution < -0.4 is 15.0 Å². The maximum Gasteiger partial charge on any atom is 0.238 e. The molecule has 1 N–H and O–H groups in total. The van der Waals surface area contributed by atoms with E-state index in [1.807, 2.05) is 11.0 Å². The molecule has 1 aliphatic rings. The van der Waals surface area contributed by atoms with Crippen molar-refractivity contribution in [3.63, 3.8) is 0 Å². The molecule has 0 aliphatic carbocycles. The number of benzene rings is 2. The van der Waals surface area contributed by atoms with Crippen molar-refractivity contribution in [1.82, 2.24) is 4.90 Å². The maximum absolute atomic E-state index is 14.3. The fraction of sp³-hybridized carbons (Fsp3) is 0.350. The standard InChI is InChI=1S/C20H23ClFN3O2/c1-14-4-3-5-17(20(14)22)25-10-8-24(9-11-25)13-19(26)23-16-12-15(21)6-7-18(16)27-2/h3-7,12H,8-11,13H2,1-2H3,(H,23,26). The van der Waals surface area contributed by atoms with Gasteiger partial charge in [-0.3, -0.25) is 9.69 Å². The molecule has 27 heavy (non-hydrogen) atoms. The van der Waals surface area contributed by atoms with E-state index in [1.54, 1.807) is 44.4 Å². The van der Waals surface area contributed by atoms with E-state index in [4.69, 9.17) is 16.3 Å². The van der Waals surface area contributed by atoms with Gasteiger partial charge >= 0.3 is 0 Å². The van der Waals surface area contributed by atoms with Crippen molar-refractivity contribution >= 4 is 28.9 Å². The molecule has 0 unspecified atom stereocenters. The van der Waals surface area contributed by atoms with Gasteiger partial charge < -0.3 is 15.0 Å². The summed E-state index contributed by atoms with van der Waals surface area (Å²) in [5.74, 6) is 0.259. The molecule has 0 aromatic heterocycles. The van der Waals surface area contributed by atoms with E-state index in [9.17, 15) is 9.18 Å². The lowest BCUT2D eigenvalue weighted by atomic mass is 10.1. The van der Waals surface area contributed by atoms with Crippen LogP contribution >= 0.6 is 11.6 Å². The van der Waals surface area contributed by atoms with Crippen molar-refractivity contribution in [2.75, 3.05) is 50.1 Å². The molecule has 0 atom stereocenters. The number of methoxy groups -OCH3 is 1. The minimum absolute atomic E-state index is 0.134. The van der Waals surface area contributed by atoms with E-state index < -0.39 is 0 Å². The summed E-state index contributed by atoms with van der Waals surface area (Å²) in [4.78, 5) is 16.5. The van der Waals surface area contributed by atoms with Crippen LogP contribution in [0.15, 0.2) is 36.4 Å². The van der Waals surface area contributed by atoms with Crippen LogP contribution in [0, 0.1) is 12.7 Å². The average molecular weight is 392 g/mol. The van der Waals surface area contributed by atoms with Crippen molar-refractivity contribution in [2.24, 2.45) is 0 Å². The summed E-state index contributed by atoms with van der Waals surface area (Å²) < 4.78 is 19.5. The number of carbonyl (C=O) groups excluding carboxylic acids is 1. The molecule has 2 aromatic carbocycles. The zero-order valence-corrected chi connectivity index (χ0v) is 16.2. The molecule has 2 aromatic rings. The lowest BCUT2D eigenvalue weighted by Gasteiger charge is -2.36. The topological polar surface area (TPSA) is 44.8 Å². The van der Waals surface area contributed by atoms with E-state index in [0.717, 1.165) is 0 Å². The monoisotopic (exact) mass is 391 g/mol. The van der Waals surface area contributed by atoms with Crippen molar-refractivity contribution in [3.05, 3.63) is 52.8 Å².